The molecule has 0 aliphatic rings. The number of nitrogens with one attached hydrogen (secondary N) is 1. The number of sulfonamides is 1. The predicted molar refractivity (Wildman–Crippen MR) is 87.1 cm³/mol. The molecule has 0 unspecified atom stereocenters. The number of rotatable bonds is 6. The average molecular weight is 333 g/mol. The Morgan fingerprint density at radius 2 is 1.65 bits per heavy atom. The maximum Gasteiger partial charge on any atom is 0.242 e. The molecule has 122 valence electrons. The second-order valence-electron chi connectivity index (χ2n) is 5.24. The zero-order valence-corrected chi connectivity index (χ0v) is 13.9. The van der Waals surface area contributed by atoms with Crippen molar-refractivity contribution in [3.05, 3.63) is 59.9 Å². The van der Waals surface area contributed by atoms with Gasteiger partial charge in [0.05, 0.1) is 11.3 Å². The zero-order chi connectivity index (χ0) is 16.9. The Morgan fingerprint density at radius 1 is 1.04 bits per heavy atom. The summed E-state index contributed by atoms with van der Waals surface area (Å²) in [5.74, 6) is -0.120. The summed E-state index contributed by atoms with van der Waals surface area (Å²) in [5, 5.41) is 2.82. The summed E-state index contributed by atoms with van der Waals surface area (Å²) in [4.78, 5) is 16.0. The third-order valence-corrected chi connectivity index (χ3v) is 5.13. The molecular weight excluding hydrogens is 314 g/mol. The third kappa shape index (κ3) is 4.61. The van der Waals surface area contributed by atoms with E-state index in [0.717, 1.165) is 15.4 Å². The molecule has 0 saturated carbocycles. The van der Waals surface area contributed by atoms with Crippen LogP contribution in [0.1, 0.15) is 11.1 Å². The van der Waals surface area contributed by atoms with Gasteiger partial charge in [-0.05, 0) is 35.4 Å². The summed E-state index contributed by atoms with van der Waals surface area (Å²) in [6, 6.07) is 10.0. The number of nitrogens with zero attached hydrogens (tertiary/aromatic N) is 2. The Labute approximate surface area is 136 Å². The fraction of sp³-hybridized carbons (Fsp3) is 0.250. The van der Waals surface area contributed by atoms with Crippen molar-refractivity contribution in [2.45, 2.75) is 17.9 Å². The van der Waals surface area contributed by atoms with Gasteiger partial charge in [-0.2, -0.15) is 0 Å². The van der Waals surface area contributed by atoms with E-state index < -0.39 is 10.0 Å². The minimum absolute atomic E-state index is 0.120. The normalized spacial score (nSPS) is 11.4. The number of aromatic nitrogens is 1. The van der Waals surface area contributed by atoms with Crippen LogP contribution in [-0.4, -0.2) is 37.7 Å². The molecule has 2 rings (SSSR count). The lowest BCUT2D eigenvalue weighted by Gasteiger charge is -2.11. The van der Waals surface area contributed by atoms with E-state index >= 15 is 0 Å². The van der Waals surface area contributed by atoms with Gasteiger partial charge >= 0.3 is 0 Å². The first-order valence-electron chi connectivity index (χ1n) is 7.06. The van der Waals surface area contributed by atoms with Crippen LogP contribution in [0.2, 0.25) is 0 Å². The van der Waals surface area contributed by atoms with Crippen molar-refractivity contribution in [1.82, 2.24) is 14.6 Å². The zero-order valence-electron chi connectivity index (χ0n) is 13.1. The third-order valence-electron chi connectivity index (χ3n) is 3.31. The molecule has 23 heavy (non-hydrogen) atoms. The molecule has 1 heterocycles. The van der Waals surface area contributed by atoms with Gasteiger partial charge in [0.15, 0.2) is 0 Å². The van der Waals surface area contributed by atoms with Crippen LogP contribution in [0.3, 0.4) is 0 Å². The van der Waals surface area contributed by atoms with E-state index in [1.807, 2.05) is 12.1 Å². The van der Waals surface area contributed by atoms with Crippen molar-refractivity contribution in [1.29, 1.82) is 0 Å². The van der Waals surface area contributed by atoms with Gasteiger partial charge in [0, 0.05) is 33.0 Å². The molecule has 1 aromatic carbocycles. The Bertz CT molecular complexity index is 757. The van der Waals surface area contributed by atoms with Crippen LogP contribution < -0.4 is 5.32 Å². The quantitative estimate of drug-likeness (QED) is 0.861. The summed E-state index contributed by atoms with van der Waals surface area (Å²) >= 11 is 0. The summed E-state index contributed by atoms with van der Waals surface area (Å²) in [6.45, 7) is 0.439. The highest BCUT2D eigenvalue weighted by molar-refractivity contribution is 7.89. The topological polar surface area (TPSA) is 79.4 Å². The molecule has 0 aliphatic carbocycles. The van der Waals surface area contributed by atoms with Crippen LogP contribution in [0.25, 0.3) is 0 Å². The fourth-order valence-electron chi connectivity index (χ4n) is 1.94. The lowest BCUT2D eigenvalue weighted by molar-refractivity contribution is -0.120. The van der Waals surface area contributed by atoms with Crippen molar-refractivity contribution >= 4 is 15.9 Å². The Balaban J connectivity index is 1.94. The SMILES string of the molecule is CN(C)S(=O)(=O)c1ccc(CC(=O)NCc2ccncc2)cc1. The minimum Gasteiger partial charge on any atom is -0.352 e. The lowest BCUT2D eigenvalue weighted by Crippen LogP contribution is -2.24. The van der Waals surface area contributed by atoms with Crippen LogP contribution in [0.4, 0.5) is 0 Å². The number of amides is 1. The Hall–Kier alpha value is -2.25. The first-order valence-corrected chi connectivity index (χ1v) is 8.50. The van der Waals surface area contributed by atoms with Crippen molar-refractivity contribution in [3.63, 3.8) is 0 Å². The molecule has 1 aromatic heterocycles. The number of hydrogen-bond donors (Lipinski definition) is 1. The molecule has 0 bridgehead atoms. The number of carbonyl (C=O) groups is 1. The van der Waals surface area contributed by atoms with Crippen LogP contribution in [-0.2, 0) is 27.8 Å². The minimum atomic E-state index is -3.44. The van der Waals surface area contributed by atoms with Gasteiger partial charge in [-0.3, -0.25) is 9.78 Å². The monoisotopic (exact) mass is 333 g/mol. The molecule has 0 atom stereocenters. The van der Waals surface area contributed by atoms with Gasteiger partial charge in [-0.1, -0.05) is 12.1 Å². The van der Waals surface area contributed by atoms with E-state index in [4.69, 9.17) is 0 Å². The molecule has 6 nitrogen and oxygen atoms in total. The fourth-order valence-corrected chi connectivity index (χ4v) is 2.84. The number of pyridine rings is 1. The molecule has 0 radical (unpaired) electrons. The highest BCUT2D eigenvalue weighted by atomic mass is 32.2. The highest BCUT2D eigenvalue weighted by Crippen LogP contribution is 2.14. The van der Waals surface area contributed by atoms with E-state index in [9.17, 15) is 13.2 Å². The Kier molecular flexibility index (Phi) is 5.46. The second-order valence-corrected chi connectivity index (χ2v) is 7.39. The van der Waals surface area contributed by atoms with Crippen LogP contribution in [0, 0.1) is 0 Å². The van der Waals surface area contributed by atoms with Crippen molar-refractivity contribution < 1.29 is 13.2 Å². The predicted octanol–water partition coefficient (Wildman–Crippen LogP) is 1.19. The summed E-state index contributed by atoms with van der Waals surface area (Å²) in [5.41, 5.74) is 1.73. The molecule has 0 spiro atoms. The maximum absolute atomic E-state index is 12.0. The highest BCUT2D eigenvalue weighted by Gasteiger charge is 2.16. The van der Waals surface area contributed by atoms with Gasteiger partial charge in [-0.15, -0.1) is 0 Å². The van der Waals surface area contributed by atoms with E-state index in [1.165, 1.54) is 26.2 Å². The van der Waals surface area contributed by atoms with E-state index in [0.29, 0.717) is 6.54 Å². The second kappa shape index (κ2) is 7.34. The van der Waals surface area contributed by atoms with E-state index in [1.54, 1.807) is 24.5 Å². The molecule has 2 aromatic rings. The van der Waals surface area contributed by atoms with Crippen molar-refractivity contribution in [2.75, 3.05) is 14.1 Å². The standard InChI is InChI=1S/C16H19N3O3S/c1-19(2)23(21,22)15-5-3-13(4-6-15)11-16(20)18-12-14-7-9-17-10-8-14/h3-10H,11-12H2,1-2H3,(H,18,20). The molecule has 0 saturated heterocycles. The number of hydrogen-bond acceptors (Lipinski definition) is 4. The van der Waals surface area contributed by atoms with Gasteiger partial charge in [0.2, 0.25) is 15.9 Å². The molecule has 0 fully saturated rings. The van der Waals surface area contributed by atoms with Crippen LogP contribution in [0.5, 0.6) is 0 Å². The van der Waals surface area contributed by atoms with Crippen LogP contribution >= 0.6 is 0 Å². The maximum atomic E-state index is 12.0. The van der Waals surface area contributed by atoms with Crippen LogP contribution in [0.15, 0.2) is 53.7 Å². The largest absolute Gasteiger partial charge is 0.352 e. The summed E-state index contributed by atoms with van der Waals surface area (Å²) in [6.07, 6.45) is 3.55. The molecule has 1 amide bonds. The van der Waals surface area contributed by atoms with Crippen molar-refractivity contribution in [2.24, 2.45) is 0 Å². The first-order chi connectivity index (χ1) is 10.9. The van der Waals surface area contributed by atoms with Gasteiger partial charge in [0.1, 0.15) is 0 Å². The number of carbonyl (C=O) groups excluding carboxylic acids is 1. The van der Waals surface area contributed by atoms with Gasteiger partial charge in [-0.25, -0.2) is 12.7 Å². The Morgan fingerprint density at radius 3 is 2.22 bits per heavy atom. The molecule has 7 heteroatoms. The van der Waals surface area contributed by atoms with Crippen molar-refractivity contribution in [3.8, 4) is 0 Å². The molecule has 0 aliphatic heterocycles. The number of benzene rings is 1. The van der Waals surface area contributed by atoms with E-state index in [2.05, 4.69) is 10.3 Å². The van der Waals surface area contributed by atoms with Gasteiger partial charge in [0.25, 0.3) is 0 Å². The summed E-state index contributed by atoms with van der Waals surface area (Å²) < 4.78 is 25.1. The first kappa shape index (κ1) is 17.1. The average Bonchev–Trinajstić information content (AvgIpc) is 2.54. The smallest absolute Gasteiger partial charge is 0.242 e. The molecule has 1 N–H and O–H groups in total. The van der Waals surface area contributed by atoms with Gasteiger partial charge < -0.3 is 5.32 Å². The molecular formula is C16H19N3O3S. The lowest BCUT2D eigenvalue weighted by atomic mass is 10.1. The summed E-state index contributed by atoms with van der Waals surface area (Å²) in [7, 11) is -0.478. The van der Waals surface area contributed by atoms with E-state index in [-0.39, 0.29) is 17.2 Å².